The largest absolute Gasteiger partial charge is 0.465 e. The van der Waals surface area contributed by atoms with E-state index in [1.54, 1.807) is 0 Å². The summed E-state index contributed by atoms with van der Waals surface area (Å²) < 4.78 is 5.16. The van der Waals surface area contributed by atoms with Gasteiger partial charge in [-0.1, -0.05) is 20.3 Å². The summed E-state index contributed by atoms with van der Waals surface area (Å²) in [5, 5.41) is 8.56. The van der Waals surface area contributed by atoms with Crippen molar-refractivity contribution in [3.63, 3.8) is 0 Å². The predicted molar refractivity (Wildman–Crippen MR) is 60.6 cm³/mol. The zero-order chi connectivity index (χ0) is 11.5. The molecule has 0 aromatic rings. The van der Waals surface area contributed by atoms with Crippen LogP contribution in [0.4, 0.5) is 0 Å². The van der Waals surface area contributed by atoms with E-state index in [9.17, 15) is 4.79 Å². The molecule has 0 aromatic heterocycles. The molecule has 0 aliphatic carbocycles. The molecular formula is C12H24O3. The molecular weight excluding hydrogens is 192 g/mol. The molecule has 0 aromatic carbocycles. The fraction of sp³-hybridized carbons (Fsp3) is 0.917. The van der Waals surface area contributed by atoms with Crippen molar-refractivity contribution in [3.05, 3.63) is 0 Å². The monoisotopic (exact) mass is 216 g/mol. The van der Waals surface area contributed by atoms with Crippen molar-refractivity contribution >= 4 is 5.97 Å². The molecule has 0 fully saturated rings. The first-order valence-corrected chi connectivity index (χ1v) is 6.03. The number of ether oxygens (including phenoxy) is 1. The Morgan fingerprint density at radius 3 is 2.27 bits per heavy atom. The third kappa shape index (κ3) is 7.37. The highest BCUT2D eigenvalue weighted by Gasteiger charge is 2.14. The number of esters is 1. The molecule has 0 saturated carbocycles. The first-order chi connectivity index (χ1) is 7.26. The molecule has 0 saturated heterocycles. The summed E-state index contributed by atoms with van der Waals surface area (Å²) in [7, 11) is 0. The molecule has 0 atom stereocenters. The van der Waals surface area contributed by atoms with Gasteiger partial charge in [0, 0.05) is 6.61 Å². The molecule has 0 spiro atoms. The zero-order valence-corrected chi connectivity index (χ0v) is 10.00. The van der Waals surface area contributed by atoms with Gasteiger partial charge in [0.25, 0.3) is 0 Å². The van der Waals surface area contributed by atoms with Crippen molar-refractivity contribution in [1.29, 1.82) is 0 Å². The van der Waals surface area contributed by atoms with Gasteiger partial charge < -0.3 is 9.84 Å². The van der Waals surface area contributed by atoms with E-state index < -0.39 is 0 Å². The molecule has 0 radical (unpaired) electrons. The normalized spacial score (nSPS) is 10.7. The fourth-order valence-corrected chi connectivity index (χ4v) is 1.48. The average molecular weight is 216 g/mol. The standard InChI is InChI=1S/C12H24O3/c1-3-11(4-2)12(14)15-10-8-6-5-7-9-13/h11,13H,3-10H2,1-2H3. The van der Waals surface area contributed by atoms with E-state index in [4.69, 9.17) is 9.84 Å². The fourth-order valence-electron chi connectivity index (χ4n) is 1.48. The van der Waals surface area contributed by atoms with Crippen LogP contribution in [0.5, 0.6) is 0 Å². The number of aliphatic hydroxyl groups is 1. The lowest BCUT2D eigenvalue weighted by Gasteiger charge is -2.11. The van der Waals surface area contributed by atoms with Gasteiger partial charge >= 0.3 is 5.97 Å². The minimum absolute atomic E-state index is 0.0536. The Morgan fingerprint density at radius 1 is 1.13 bits per heavy atom. The Balaban J connectivity index is 3.38. The number of hydrogen-bond acceptors (Lipinski definition) is 3. The molecule has 0 aliphatic rings. The van der Waals surface area contributed by atoms with E-state index in [-0.39, 0.29) is 18.5 Å². The summed E-state index contributed by atoms with van der Waals surface area (Å²) >= 11 is 0. The molecule has 90 valence electrons. The van der Waals surface area contributed by atoms with E-state index in [1.165, 1.54) is 0 Å². The van der Waals surface area contributed by atoms with Crippen LogP contribution in [0.2, 0.25) is 0 Å². The number of rotatable bonds is 9. The van der Waals surface area contributed by atoms with Crippen LogP contribution in [0.3, 0.4) is 0 Å². The van der Waals surface area contributed by atoms with E-state index in [1.807, 2.05) is 13.8 Å². The Labute approximate surface area is 92.8 Å². The predicted octanol–water partition coefficient (Wildman–Crippen LogP) is 2.52. The van der Waals surface area contributed by atoms with Crippen LogP contribution in [0.1, 0.15) is 52.4 Å². The molecule has 1 N–H and O–H groups in total. The maximum atomic E-state index is 11.4. The lowest BCUT2D eigenvalue weighted by molar-refractivity contribution is -0.148. The SMILES string of the molecule is CCC(CC)C(=O)OCCCCCCO. The van der Waals surface area contributed by atoms with Crippen LogP contribution in [0, 0.1) is 5.92 Å². The lowest BCUT2D eigenvalue weighted by Crippen LogP contribution is -2.16. The zero-order valence-electron chi connectivity index (χ0n) is 10.00. The summed E-state index contributed by atoms with van der Waals surface area (Å²) in [6, 6.07) is 0. The van der Waals surface area contributed by atoms with Crippen LogP contribution >= 0.6 is 0 Å². The van der Waals surface area contributed by atoms with Crippen molar-refractivity contribution in [2.45, 2.75) is 52.4 Å². The van der Waals surface area contributed by atoms with Crippen LogP contribution in [-0.2, 0) is 9.53 Å². The Bertz CT molecular complexity index is 153. The smallest absolute Gasteiger partial charge is 0.308 e. The van der Waals surface area contributed by atoms with E-state index in [2.05, 4.69) is 0 Å². The first kappa shape index (κ1) is 14.4. The molecule has 0 rings (SSSR count). The number of aliphatic hydroxyl groups excluding tert-OH is 1. The lowest BCUT2D eigenvalue weighted by atomic mass is 10.0. The summed E-state index contributed by atoms with van der Waals surface area (Å²) in [6.45, 7) is 4.81. The summed E-state index contributed by atoms with van der Waals surface area (Å²) in [5.41, 5.74) is 0. The quantitative estimate of drug-likeness (QED) is 0.476. The molecule has 0 amide bonds. The highest BCUT2D eigenvalue weighted by atomic mass is 16.5. The maximum Gasteiger partial charge on any atom is 0.308 e. The molecule has 0 aliphatic heterocycles. The van der Waals surface area contributed by atoms with Gasteiger partial charge in [-0.3, -0.25) is 4.79 Å². The molecule has 0 heterocycles. The van der Waals surface area contributed by atoms with E-state index in [0.717, 1.165) is 38.5 Å². The van der Waals surface area contributed by atoms with Gasteiger partial charge in [-0.25, -0.2) is 0 Å². The van der Waals surface area contributed by atoms with Crippen LogP contribution in [-0.4, -0.2) is 24.3 Å². The Kier molecular flexibility index (Phi) is 9.59. The number of hydrogen-bond donors (Lipinski definition) is 1. The van der Waals surface area contributed by atoms with Gasteiger partial charge in [0.15, 0.2) is 0 Å². The van der Waals surface area contributed by atoms with Crippen LogP contribution in [0.15, 0.2) is 0 Å². The second kappa shape index (κ2) is 9.97. The van der Waals surface area contributed by atoms with Crippen molar-refractivity contribution in [1.82, 2.24) is 0 Å². The van der Waals surface area contributed by atoms with Crippen molar-refractivity contribution in [2.24, 2.45) is 5.92 Å². The Hall–Kier alpha value is -0.570. The van der Waals surface area contributed by atoms with Gasteiger partial charge in [-0.05, 0) is 32.1 Å². The number of carbonyl (C=O) groups excluding carboxylic acids is 1. The highest BCUT2D eigenvalue weighted by molar-refractivity contribution is 5.72. The summed E-state index contributed by atoms with van der Waals surface area (Å²) in [6.07, 6.45) is 5.52. The second-order valence-corrected chi connectivity index (χ2v) is 3.82. The van der Waals surface area contributed by atoms with Crippen LogP contribution in [0.25, 0.3) is 0 Å². The average Bonchev–Trinajstić information content (AvgIpc) is 2.25. The number of carbonyl (C=O) groups is 1. The van der Waals surface area contributed by atoms with Gasteiger partial charge in [0.1, 0.15) is 0 Å². The molecule has 3 nitrogen and oxygen atoms in total. The highest BCUT2D eigenvalue weighted by Crippen LogP contribution is 2.10. The minimum Gasteiger partial charge on any atom is -0.465 e. The molecule has 15 heavy (non-hydrogen) atoms. The number of unbranched alkanes of at least 4 members (excludes halogenated alkanes) is 3. The molecule has 0 unspecified atom stereocenters. The minimum atomic E-state index is -0.0536. The summed E-state index contributed by atoms with van der Waals surface area (Å²) in [4.78, 5) is 11.4. The second-order valence-electron chi connectivity index (χ2n) is 3.82. The van der Waals surface area contributed by atoms with E-state index >= 15 is 0 Å². The van der Waals surface area contributed by atoms with Gasteiger partial charge in [0.05, 0.1) is 12.5 Å². The molecule has 3 heteroatoms. The van der Waals surface area contributed by atoms with Gasteiger partial charge in [0.2, 0.25) is 0 Å². The van der Waals surface area contributed by atoms with E-state index in [0.29, 0.717) is 6.61 Å². The van der Waals surface area contributed by atoms with Gasteiger partial charge in [-0.2, -0.15) is 0 Å². The Morgan fingerprint density at radius 2 is 1.73 bits per heavy atom. The first-order valence-electron chi connectivity index (χ1n) is 6.03. The van der Waals surface area contributed by atoms with Crippen molar-refractivity contribution < 1.29 is 14.6 Å². The summed E-state index contributed by atoms with van der Waals surface area (Å²) in [5.74, 6) is 0.0181. The van der Waals surface area contributed by atoms with Gasteiger partial charge in [-0.15, -0.1) is 0 Å². The third-order valence-corrected chi connectivity index (χ3v) is 2.62. The van der Waals surface area contributed by atoms with Crippen molar-refractivity contribution in [2.75, 3.05) is 13.2 Å². The van der Waals surface area contributed by atoms with Crippen LogP contribution < -0.4 is 0 Å². The maximum absolute atomic E-state index is 11.4. The van der Waals surface area contributed by atoms with Crippen molar-refractivity contribution in [3.8, 4) is 0 Å². The third-order valence-electron chi connectivity index (χ3n) is 2.62. The molecule has 0 bridgehead atoms. The topological polar surface area (TPSA) is 46.5 Å².